The Hall–Kier alpha value is -1.51. The molecule has 1 saturated heterocycles. The van der Waals surface area contributed by atoms with Gasteiger partial charge < -0.3 is 5.11 Å². The molecule has 1 heterocycles. The number of rotatable bonds is 3. The van der Waals surface area contributed by atoms with E-state index in [0.717, 1.165) is 5.56 Å². The van der Waals surface area contributed by atoms with E-state index in [2.05, 4.69) is 6.07 Å². The number of piperidine rings is 1. The van der Waals surface area contributed by atoms with Crippen molar-refractivity contribution in [3.63, 3.8) is 0 Å². The number of nitriles is 1. The van der Waals surface area contributed by atoms with E-state index in [1.165, 1.54) is 0 Å². The number of aliphatic hydroxyl groups is 1. The van der Waals surface area contributed by atoms with Crippen molar-refractivity contribution in [1.29, 1.82) is 5.26 Å². The molecule has 0 spiro atoms. The SMILES string of the molecule is N#Cc1cccc(CN2CCC(F)(F)C(CO)C2)c1. The molecule has 1 aromatic rings. The van der Waals surface area contributed by atoms with Crippen molar-refractivity contribution >= 4 is 0 Å². The first kappa shape index (κ1) is 13.9. The number of alkyl halides is 2. The van der Waals surface area contributed by atoms with Gasteiger partial charge in [0.05, 0.1) is 24.2 Å². The lowest BCUT2D eigenvalue weighted by Gasteiger charge is -2.37. The highest BCUT2D eigenvalue weighted by atomic mass is 19.3. The summed E-state index contributed by atoms with van der Waals surface area (Å²) in [4.78, 5) is 1.90. The van der Waals surface area contributed by atoms with Gasteiger partial charge in [-0.25, -0.2) is 8.78 Å². The number of hydrogen-bond acceptors (Lipinski definition) is 3. The van der Waals surface area contributed by atoms with Crippen molar-refractivity contribution in [3.05, 3.63) is 35.4 Å². The molecule has 0 aromatic heterocycles. The van der Waals surface area contributed by atoms with E-state index in [-0.39, 0.29) is 13.0 Å². The Balaban J connectivity index is 2.02. The Bertz CT molecular complexity index is 485. The van der Waals surface area contributed by atoms with Crippen LogP contribution >= 0.6 is 0 Å². The minimum atomic E-state index is -2.78. The normalized spacial score (nSPS) is 22.9. The van der Waals surface area contributed by atoms with Gasteiger partial charge >= 0.3 is 0 Å². The lowest BCUT2D eigenvalue weighted by molar-refractivity contribution is -0.121. The van der Waals surface area contributed by atoms with Gasteiger partial charge in [0.25, 0.3) is 5.92 Å². The van der Waals surface area contributed by atoms with E-state index in [9.17, 15) is 8.78 Å². The van der Waals surface area contributed by atoms with Gasteiger partial charge in [0.15, 0.2) is 0 Å². The van der Waals surface area contributed by atoms with E-state index in [1.54, 1.807) is 18.2 Å². The highest BCUT2D eigenvalue weighted by Crippen LogP contribution is 2.33. The maximum absolute atomic E-state index is 13.5. The lowest BCUT2D eigenvalue weighted by atomic mass is 9.94. The smallest absolute Gasteiger partial charge is 0.255 e. The molecule has 0 saturated carbocycles. The molecule has 1 aliphatic heterocycles. The minimum absolute atomic E-state index is 0.181. The summed E-state index contributed by atoms with van der Waals surface area (Å²) in [6, 6.07) is 9.20. The summed E-state index contributed by atoms with van der Waals surface area (Å²) in [5.74, 6) is -3.78. The summed E-state index contributed by atoms with van der Waals surface area (Å²) < 4.78 is 26.9. The molecule has 2 rings (SSSR count). The van der Waals surface area contributed by atoms with Crippen LogP contribution < -0.4 is 0 Å². The molecule has 1 N–H and O–H groups in total. The number of likely N-dealkylation sites (tertiary alicyclic amines) is 1. The number of halogens is 2. The fraction of sp³-hybridized carbons (Fsp3) is 0.500. The lowest BCUT2D eigenvalue weighted by Crippen LogP contribution is -2.48. The molecule has 0 radical (unpaired) electrons. The maximum atomic E-state index is 13.5. The second-order valence-electron chi connectivity index (χ2n) is 4.94. The molecule has 5 heteroatoms. The molecule has 19 heavy (non-hydrogen) atoms. The van der Waals surface area contributed by atoms with Gasteiger partial charge in [-0.15, -0.1) is 0 Å². The van der Waals surface area contributed by atoms with Crippen LogP contribution in [0, 0.1) is 17.2 Å². The summed E-state index contributed by atoms with van der Waals surface area (Å²) >= 11 is 0. The third kappa shape index (κ3) is 3.28. The predicted molar refractivity (Wildman–Crippen MR) is 66.6 cm³/mol. The number of nitrogens with zero attached hydrogens (tertiary/aromatic N) is 2. The second-order valence-corrected chi connectivity index (χ2v) is 4.94. The average Bonchev–Trinajstić information content (AvgIpc) is 2.41. The monoisotopic (exact) mass is 266 g/mol. The molecule has 0 amide bonds. The van der Waals surface area contributed by atoms with Crippen LogP contribution in [-0.4, -0.2) is 35.6 Å². The van der Waals surface area contributed by atoms with Crippen LogP contribution in [-0.2, 0) is 6.54 Å². The summed E-state index contributed by atoms with van der Waals surface area (Å²) in [6.45, 7) is 0.518. The largest absolute Gasteiger partial charge is 0.396 e. The maximum Gasteiger partial charge on any atom is 0.255 e. The van der Waals surface area contributed by atoms with Crippen LogP contribution in [0.3, 0.4) is 0 Å². The van der Waals surface area contributed by atoms with Crippen LogP contribution in [0.4, 0.5) is 8.78 Å². The minimum Gasteiger partial charge on any atom is -0.396 e. The molecular weight excluding hydrogens is 250 g/mol. The second kappa shape index (κ2) is 5.64. The topological polar surface area (TPSA) is 47.3 Å². The summed E-state index contributed by atoms with van der Waals surface area (Å²) in [5, 5.41) is 17.9. The highest BCUT2D eigenvalue weighted by Gasteiger charge is 2.43. The zero-order valence-corrected chi connectivity index (χ0v) is 10.5. The number of benzene rings is 1. The number of aliphatic hydroxyl groups excluding tert-OH is 1. The van der Waals surface area contributed by atoms with Crippen molar-refractivity contribution < 1.29 is 13.9 Å². The molecule has 0 aliphatic carbocycles. The number of hydrogen-bond donors (Lipinski definition) is 1. The highest BCUT2D eigenvalue weighted by molar-refractivity contribution is 5.32. The van der Waals surface area contributed by atoms with Crippen LogP contribution in [0.5, 0.6) is 0 Å². The molecule has 0 bridgehead atoms. The Morgan fingerprint density at radius 3 is 2.95 bits per heavy atom. The van der Waals surface area contributed by atoms with Crippen molar-refractivity contribution in [2.75, 3.05) is 19.7 Å². The quantitative estimate of drug-likeness (QED) is 0.910. The average molecular weight is 266 g/mol. The third-order valence-electron chi connectivity index (χ3n) is 3.52. The van der Waals surface area contributed by atoms with Crippen LogP contribution in [0.25, 0.3) is 0 Å². The van der Waals surface area contributed by atoms with Gasteiger partial charge in [0, 0.05) is 26.1 Å². The zero-order valence-electron chi connectivity index (χ0n) is 10.5. The fourth-order valence-electron chi connectivity index (χ4n) is 2.38. The zero-order chi connectivity index (χ0) is 13.9. The van der Waals surface area contributed by atoms with Gasteiger partial charge in [-0.1, -0.05) is 12.1 Å². The van der Waals surface area contributed by atoms with Gasteiger partial charge in [0.2, 0.25) is 0 Å². The Morgan fingerprint density at radius 1 is 1.47 bits per heavy atom. The molecule has 102 valence electrons. The molecular formula is C14H16F2N2O. The van der Waals surface area contributed by atoms with Crippen molar-refractivity contribution in [1.82, 2.24) is 4.90 Å². The van der Waals surface area contributed by atoms with Crippen molar-refractivity contribution in [2.45, 2.75) is 18.9 Å². The Morgan fingerprint density at radius 2 is 2.26 bits per heavy atom. The van der Waals surface area contributed by atoms with E-state index < -0.39 is 18.4 Å². The van der Waals surface area contributed by atoms with E-state index in [1.807, 2.05) is 11.0 Å². The van der Waals surface area contributed by atoms with Gasteiger partial charge in [-0.05, 0) is 17.7 Å². The van der Waals surface area contributed by atoms with Crippen molar-refractivity contribution in [2.24, 2.45) is 5.92 Å². The first-order chi connectivity index (χ1) is 9.05. The first-order valence-corrected chi connectivity index (χ1v) is 6.25. The van der Waals surface area contributed by atoms with E-state index >= 15 is 0 Å². The van der Waals surface area contributed by atoms with Crippen molar-refractivity contribution in [3.8, 4) is 6.07 Å². The standard InChI is InChI=1S/C14H16F2N2O/c15-14(16)4-5-18(9-13(14)10-19)8-12-3-1-2-11(6-12)7-17/h1-3,6,13,19H,4-5,8-10H2. The van der Waals surface area contributed by atoms with Gasteiger partial charge in [0.1, 0.15) is 0 Å². The molecule has 1 aromatic carbocycles. The van der Waals surface area contributed by atoms with Crippen LogP contribution in [0.1, 0.15) is 17.5 Å². The molecule has 3 nitrogen and oxygen atoms in total. The van der Waals surface area contributed by atoms with Crippen LogP contribution in [0.15, 0.2) is 24.3 Å². The summed E-state index contributed by atoms with van der Waals surface area (Å²) in [5.41, 5.74) is 1.50. The van der Waals surface area contributed by atoms with E-state index in [0.29, 0.717) is 18.7 Å². The molecule has 1 aliphatic rings. The Kier molecular flexibility index (Phi) is 4.13. The third-order valence-corrected chi connectivity index (χ3v) is 3.52. The summed E-state index contributed by atoms with van der Waals surface area (Å²) in [7, 11) is 0. The van der Waals surface area contributed by atoms with E-state index in [4.69, 9.17) is 10.4 Å². The summed E-state index contributed by atoms with van der Waals surface area (Å²) in [6.07, 6.45) is -0.226. The van der Waals surface area contributed by atoms with Crippen LogP contribution in [0.2, 0.25) is 0 Å². The molecule has 1 fully saturated rings. The predicted octanol–water partition coefficient (Wildman–Crippen LogP) is 2.01. The molecule has 1 atom stereocenters. The Labute approximate surface area is 111 Å². The van der Waals surface area contributed by atoms with Gasteiger partial charge in [-0.3, -0.25) is 4.90 Å². The molecule has 1 unspecified atom stereocenters. The van der Waals surface area contributed by atoms with Gasteiger partial charge in [-0.2, -0.15) is 5.26 Å². The fourth-order valence-corrected chi connectivity index (χ4v) is 2.38. The first-order valence-electron chi connectivity index (χ1n) is 6.25.